The molecule has 1 saturated heterocycles. The van der Waals surface area contributed by atoms with Crippen molar-refractivity contribution in [2.45, 2.75) is 38.8 Å². The second-order valence-electron chi connectivity index (χ2n) is 8.54. The van der Waals surface area contributed by atoms with Gasteiger partial charge in [-0.25, -0.2) is 4.79 Å². The standard InChI is InChI=1S/C23H29N3O4S/c1-23(2,3)30-22(29)25-9-10-26(20(27)12-16-8-11-31-15-16)19(14-25)17-6-5-7-18(13-17)21(28)24-4/h5-8,11,13,15,19H,9-10,12,14H2,1-4H3,(H,24,28)/t19-/m1/s1. The molecule has 1 aliphatic heterocycles. The number of nitrogens with zero attached hydrogens (tertiary/aromatic N) is 2. The highest BCUT2D eigenvalue weighted by molar-refractivity contribution is 7.08. The summed E-state index contributed by atoms with van der Waals surface area (Å²) >= 11 is 1.56. The molecule has 1 atom stereocenters. The molecule has 2 heterocycles. The van der Waals surface area contributed by atoms with Gasteiger partial charge in [0.05, 0.1) is 12.5 Å². The molecule has 0 spiro atoms. The second-order valence-corrected chi connectivity index (χ2v) is 9.32. The van der Waals surface area contributed by atoms with E-state index < -0.39 is 11.7 Å². The number of benzene rings is 1. The fraction of sp³-hybridized carbons (Fsp3) is 0.435. The quantitative estimate of drug-likeness (QED) is 0.785. The van der Waals surface area contributed by atoms with Crippen LogP contribution in [0.2, 0.25) is 0 Å². The average Bonchev–Trinajstić information content (AvgIpc) is 3.24. The normalized spacial score (nSPS) is 16.7. The lowest BCUT2D eigenvalue weighted by Crippen LogP contribution is -2.53. The van der Waals surface area contributed by atoms with E-state index in [1.54, 1.807) is 41.5 Å². The highest BCUT2D eigenvalue weighted by Gasteiger charge is 2.35. The van der Waals surface area contributed by atoms with Gasteiger partial charge in [-0.1, -0.05) is 12.1 Å². The zero-order valence-corrected chi connectivity index (χ0v) is 19.2. The summed E-state index contributed by atoms with van der Waals surface area (Å²) in [6.45, 7) is 6.59. The lowest BCUT2D eigenvalue weighted by atomic mass is 9.99. The van der Waals surface area contributed by atoms with Crippen molar-refractivity contribution in [2.75, 3.05) is 26.7 Å². The Bertz CT molecular complexity index is 937. The Morgan fingerprint density at radius 3 is 2.61 bits per heavy atom. The first kappa shape index (κ1) is 22.8. The van der Waals surface area contributed by atoms with Crippen molar-refractivity contribution < 1.29 is 19.1 Å². The number of carbonyl (C=O) groups is 3. The van der Waals surface area contributed by atoms with E-state index in [0.717, 1.165) is 11.1 Å². The molecular formula is C23H29N3O4S. The highest BCUT2D eigenvalue weighted by Crippen LogP contribution is 2.28. The van der Waals surface area contributed by atoms with Crippen LogP contribution in [0.15, 0.2) is 41.1 Å². The molecule has 1 aromatic heterocycles. The highest BCUT2D eigenvalue weighted by atomic mass is 32.1. The number of thiophene rings is 1. The van der Waals surface area contributed by atoms with Crippen LogP contribution >= 0.6 is 11.3 Å². The molecule has 1 fully saturated rings. The van der Waals surface area contributed by atoms with Crippen molar-refractivity contribution in [1.82, 2.24) is 15.1 Å². The third-order valence-corrected chi connectivity index (χ3v) is 5.78. The van der Waals surface area contributed by atoms with Crippen LogP contribution in [0.25, 0.3) is 0 Å². The zero-order valence-electron chi connectivity index (χ0n) is 18.4. The maximum absolute atomic E-state index is 13.1. The van der Waals surface area contributed by atoms with E-state index >= 15 is 0 Å². The molecule has 7 nitrogen and oxygen atoms in total. The van der Waals surface area contributed by atoms with Crippen LogP contribution in [-0.4, -0.2) is 60.0 Å². The number of amides is 3. The summed E-state index contributed by atoms with van der Waals surface area (Å²) in [7, 11) is 1.58. The van der Waals surface area contributed by atoms with Crippen LogP contribution in [0.3, 0.4) is 0 Å². The first-order chi connectivity index (χ1) is 14.7. The van der Waals surface area contributed by atoms with Gasteiger partial charge < -0.3 is 19.9 Å². The molecule has 1 N–H and O–H groups in total. The third kappa shape index (κ3) is 5.85. The summed E-state index contributed by atoms with van der Waals surface area (Å²) < 4.78 is 5.54. The molecule has 8 heteroatoms. The van der Waals surface area contributed by atoms with E-state index in [2.05, 4.69) is 5.32 Å². The van der Waals surface area contributed by atoms with E-state index in [0.29, 0.717) is 31.6 Å². The Labute approximate surface area is 187 Å². The first-order valence-electron chi connectivity index (χ1n) is 10.3. The Morgan fingerprint density at radius 1 is 1.19 bits per heavy atom. The molecule has 1 aliphatic rings. The summed E-state index contributed by atoms with van der Waals surface area (Å²) in [5.41, 5.74) is 1.70. The second kappa shape index (κ2) is 9.51. The molecule has 0 aliphatic carbocycles. The first-order valence-corrected chi connectivity index (χ1v) is 11.2. The van der Waals surface area contributed by atoms with Gasteiger partial charge >= 0.3 is 6.09 Å². The van der Waals surface area contributed by atoms with Gasteiger partial charge in [-0.15, -0.1) is 0 Å². The summed E-state index contributed by atoms with van der Waals surface area (Å²) in [6, 6.07) is 8.79. The molecule has 0 saturated carbocycles. The molecule has 3 amide bonds. The minimum Gasteiger partial charge on any atom is -0.444 e. The van der Waals surface area contributed by atoms with Crippen LogP contribution in [0.1, 0.15) is 48.3 Å². The molecule has 0 radical (unpaired) electrons. The van der Waals surface area contributed by atoms with Crippen molar-refractivity contribution in [1.29, 1.82) is 0 Å². The Hall–Kier alpha value is -2.87. The third-order valence-electron chi connectivity index (χ3n) is 5.05. The van der Waals surface area contributed by atoms with Crippen molar-refractivity contribution >= 4 is 29.2 Å². The van der Waals surface area contributed by atoms with Crippen LogP contribution < -0.4 is 5.32 Å². The van der Waals surface area contributed by atoms with Gasteiger partial charge in [-0.2, -0.15) is 11.3 Å². The predicted molar refractivity (Wildman–Crippen MR) is 120 cm³/mol. The van der Waals surface area contributed by atoms with Crippen molar-refractivity contribution in [3.63, 3.8) is 0 Å². The van der Waals surface area contributed by atoms with Crippen molar-refractivity contribution in [3.8, 4) is 0 Å². The van der Waals surface area contributed by atoms with Gasteiger partial charge in [0.2, 0.25) is 5.91 Å². The molecular weight excluding hydrogens is 414 g/mol. The molecule has 3 rings (SSSR count). The summed E-state index contributed by atoms with van der Waals surface area (Å²) in [5.74, 6) is -0.199. The van der Waals surface area contributed by atoms with Gasteiger partial charge in [0.25, 0.3) is 5.91 Å². The van der Waals surface area contributed by atoms with Crippen LogP contribution in [0.5, 0.6) is 0 Å². The van der Waals surface area contributed by atoms with E-state index in [4.69, 9.17) is 4.74 Å². The number of carbonyl (C=O) groups excluding carboxylic acids is 3. The minimum atomic E-state index is -0.600. The number of nitrogens with one attached hydrogen (secondary N) is 1. The van der Waals surface area contributed by atoms with Crippen molar-refractivity contribution in [3.05, 3.63) is 57.8 Å². The number of piperazine rings is 1. The monoisotopic (exact) mass is 443 g/mol. The Balaban J connectivity index is 1.87. The number of ether oxygens (including phenoxy) is 1. The molecule has 31 heavy (non-hydrogen) atoms. The molecule has 166 valence electrons. The van der Waals surface area contributed by atoms with E-state index in [1.807, 2.05) is 48.6 Å². The van der Waals surface area contributed by atoms with Gasteiger partial charge in [-0.05, 0) is 60.9 Å². The lowest BCUT2D eigenvalue weighted by Gasteiger charge is -2.42. The maximum Gasteiger partial charge on any atom is 0.410 e. The average molecular weight is 444 g/mol. The molecule has 0 unspecified atom stereocenters. The van der Waals surface area contributed by atoms with Crippen LogP contribution in [0.4, 0.5) is 4.79 Å². The van der Waals surface area contributed by atoms with E-state index in [-0.39, 0.29) is 17.9 Å². The Morgan fingerprint density at radius 2 is 1.97 bits per heavy atom. The number of hydrogen-bond acceptors (Lipinski definition) is 5. The minimum absolute atomic E-state index is 0.00224. The topological polar surface area (TPSA) is 79.0 Å². The van der Waals surface area contributed by atoms with Gasteiger partial charge in [0, 0.05) is 32.2 Å². The van der Waals surface area contributed by atoms with Crippen molar-refractivity contribution in [2.24, 2.45) is 0 Å². The number of hydrogen-bond donors (Lipinski definition) is 1. The summed E-state index contributed by atoms with van der Waals surface area (Å²) in [6.07, 6.45) is -0.0911. The fourth-order valence-electron chi connectivity index (χ4n) is 3.56. The maximum atomic E-state index is 13.1. The molecule has 0 bridgehead atoms. The van der Waals surface area contributed by atoms with Gasteiger partial charge in [0.15, 0.2) is 0 Å². The van der Waals surface area contributed by atoms with Gasteiger partial charge in [-0.3, -0.25) is 9.59 Å². The fourth-order valence-corrected chi connectivity index (χ4v) is 4.23. The number of rotatable bonds is 4. The van der Waals surface area contributed by atoms with Gasteiger partial charge in [0.1, 0.15) is 5.60 Å². The lowest BCUT2D eigenvalue weighted by molar-refractivity contribution is -0.135. The predicted octanol–water partition coefficient (Wildman–Crippen LogP) is 3.47. The summed E-state index contributed by atoms with van der Waals surface area (Å²) in [4.78, 5) is 41.4. The molecule has 2 aromatic rings. The summed E-state index contributed by atoms with van der Waals surface area (Å²) in [5, 5.41) is 6.55. The Kier molecular flexibility index (Phi) is 7.00. The van der Waals surface area contributed by atoms with E-state index in [1.165, 1.54) is 0 Å². The molecule has 1 aromatic carbocycles. The van der Waals surface area contributed by atoms with Crippen LogP contribution in [0, 0.1) is 0 Å². The smallest absolute Gasteiger partial charge is 0.410 e. The van der Waals surface area contributed by atoms with E-state index in [9.17, 15) is 14.4 Å². The SMILES string of the molecule is CNC(=O)c1cccc([C@H]2CN(C(=O)OC(C)(C)C)CCN2C(=O)Cc2ccsc2)c1. The van der Waals surface area contributed by atoms with Crippen LogP contribution in [-0.2, 0) is 16.0 Å². The largest absolute Gasteiger partial charge is 0.444 e. The zero-order chi connectivity index (χ0) is 22.6.